The summed E-state index contributed by atoms with van der Waals surface area (Å²) in [6.45, 7) is 1.44. The summed E-state index contributed by atoms with van der Waals surface area (Å²) in [4.78, 5) is 13.6. The zero-order chi connectivity index (χ0) is 11.5. The number of anilines is 2. The monoisotopic (exact) mass is 219 g/mol. The second-order valence-electron chi connectivity index (χ2n) is 4.10. The third-order valence-electron chi connectivity index (χ3n) is 2.87. The number of amides is 1. The normalized spacial score (nSPS) is 13.8. The first-order chi connectivity index (χ1) is 7.70. The van der Waals surface area contributed by atoms with Gasteiger partial charge in [-0.05, 0) is 24.1 Å². The van der Waals surface area contributed by atoms with Crippen LogP contribution in [0.4, 0.5) is 11.4 Å². The molecule has 1 aliphatic rings. The van der Waals surface area contributed by atoms with E-state index in [1.165, 1.54) is 11.3 Å². The Kier molecular flexibility index (Phi) is 3.10. The number of fused-ring (bicyclic) bond motifs is 1. The minimum atomic E-state index is -0.0249. The van der Waals surface area contributed by atoms with E-state index in [0.29, 0.717) is 13.0 Å². The molecule has 1 amide bonds. The van der Waals surface area contributed by atoms with Crippen LogP contribution in [0.1, 0.15) is 12.0 Å². The van der Waals surface area contributed by atoms with Crippen molar-refractivity contribution < 1.29 is 4.79 Å². The highest BCUT2D eigenvalue weighted by molar-refractivity contribution is 5.91. The van der Waals surface area contributed by atoms with Crippen molar-refractivity contribution in [1.82, 2.24) is 0 Å². The van der Waals surface area contributed by atoms with E-state index in [1.807, 2.05) is 12.1 Å². The summed E-state index contributed by atoms with van der Waals surface area (Å²) in [5.41, 5.74) is 8.74. The molecular formula is C12H17N3O. The van der Waals surface area contributed by atoms with Crippen LogP contribution in [0.25, 0.3) is 0 Å². The quantitative estimate of drug-likeness (QED) is 0.796. The number of carbonyl (C=O) groups is 1. The Bertz CT molecular complexity index is 403. The number of hydrogen-bond donors (Lipinski definition) is 2. The first-order valence-corrected chi connectivity index (χ1v) is 5.54. The Balaban J connectivity index is 2.12. The molecule has 0 bridgehead atoms. The molecule has 1 aromatic rings. The van der Waals surface area contributed by atoms with Gasteiger partial charge in [0.15, 0.2) is 0 Å². The molecule has 0 aromatic heterocycles. The summed E-state index contributed by atoms with van der Waals surface area (Å²) in [5.74, 6) is -0.0249. The van der Waals surface area contributed by atoms with E-state index in [0.717, 1.165) is 18.7 Å². The molecule has 3 N–H and O–H groups in total. The summed E-state index contributed by atoms with van der Waals surface area (Å²) in [5, 5.41) is 2.85. The summed E-state index contributed by atoms with van der Waals surface area (Å²) in [6, 6.07) is 6.06. The SMILES string of the molecule is CN1CCc2ccc(NC(=O)CCN)cc21. The molecule has 0 unspecified atom stereocenters. The maximum Gasteiger partial charge on any atom is 0.225 e. The standard InChI is InChI=1S/C12H17N3O/c1-15-7-5-9-2-3-10(8-11(9)15)14-12(16)4-6-13/h2-3,8H,4-7,13H2,1H3,(H,14,16). The highest BCUT2D eigenvalue weighted by Crippen LogP contribution is 2.29. The molecule has 0 aliphatic carbocycles. The summed E-state index contributed by atoms with van der Waals surface area (Å²) in [6.07, 6.45) is 1.45. The van der Waals surface area contributed by atoms with Crippen LogP contribution in [-0.4, -0.2) is 26.0 Å². The van der Waals surface area contributed by atoms with E-state index in [2.05, 4.69) is 23.3 Å². The van der Waals surface area contributed by atoms with Gasteiger partial charge >= 0.3 is 0 Å². The van der Waals surface area contributed by atoms with Crippen LogP contribution in [0.5, 0.6) is 0 Å². The molecule has 1 aromatic carbocycles. The van der Waals surface area contributed by atoms with Crippen LogP contribution >= 0.6 is 0 Å². The predicted octanol–water partition coefficient (Wildman–Crippen LogP) is 0.966. The van der Waals surface area contributed by atoms with Crippen LogP contribution in [0.15, 0.2) is 18.2 Å². The molecule has 1 heterocycles. The number of carbonyl (C=O) groups excluding carboxylic acids is 1. The fourth-order valence-electron chi connectivity index (χ4n) is 1.97. The molecule has 0 atom stereocenters. The molecule has 2 rings (SSSR count). The number of nitrogens with two attached hydrogens (primary N) is 1. The average Bonchev–Trinajstić information content (AvgIpc) is 2.61. The summed E-state index contributed by atoms with van der Waals surface area (Å²) < 4.78 is 0. The van der Waals surface area contributed by atoms with E-state index < -0.39 is 0 Å². The topological polar surface area (TPSA) is 58.4 Å². The van der Waals surface area contributed by atoms with E-state index in [9.17, 15) is 4.79 Å². The van der Waals surface area contributed by atoms with Crippen molar-refractivity contribution in [2.75, 3.05) is 30.4 Å². The van der Waals surface area contributed by atoms with E-state index in [-0.39, 0.29) is 5.91 Å². The number of benzene rings is 1. The predicted molar refractivity (Wildman–Crippen MR) is 65.7 cm³/mol. The Morgan fingerprint density at radius 3 is 3.12 bits per heavy atom. The number of hydrogen-bond acceptors (Lipinski definition) is 3. The van der Waals surface area contributed by atoms with Gasteiger partial charge in [0.2, 0.25) is 5.91 Å². The van der Waals surface area contributed by atoms with Crippen LogP contribution in [0.2, 0.25) is 0 Å². The van der Waals surface area contributed by atoms with Crippen LogP contribution in [0.3, 0.4) is 0 Å². The lowest BCUT2D eigenvalue weighted by atomic mass is 10.1. The maximum atomic E-state index is 11.4. The molecule has 4 nitrogen and oxygen atoms in total. The van der Waals surface area contributed by atoms with Crippen molar-refractivity contribution >= 4 is 17.3 Å². The van der Waals surface area contributed by atoms with Gasteiger partial charge in [0.25, 0.3) is 0 Å². The average molecular weight is 219 g/mol. The Morgan fingerprint density at radius 1 is 1.56 bits per heavy atom. The summed E-state index contributed by atoms with van der Waals surface area (Å²) in [7, 11) is 2.07. The van der Waals surface area contributed by atoms with Gasteiger partial charge in [-0.2, -0.15) is 0 Å². The number of rotatable bonds is 3. The van der Waals surface area contributed by atoms with Gasteiger partial charge in [-0.1, -0.05) is 6.07 Å². The molecule has 4 heteroatoms. The van der Waals surface area contributed by atoms with E-state index in [4.69, 9.17) is 5.73 Å². The molecule has 0 spiro atoms. The van der Waals surface area contributed by atoms with Crippen molar-refractivity contribution in [3.63, 3.8) is 0 Å². The van der Waals surface area contributed by atoms with Gasteiger partial charge in [0, 0.05) is 37.9 Å². The van der Waals surface area contributed by atoms with Crippen molar-refractivity contribution in [1.29, 1.82) is 0 Å². The lowest BCUT2D eigenvalue weighted by molar-refractivity contribution is -0.116. The lowest BCUT2D eigenvalue weighted by Crippen LogP contribution is -2.16. The van der Waals surface area contributed by atoms with Gasteiger partial charge in [-0.15, -0.1) is 0 Å². The molecule has 0 fully saturated rings. The fourth-order valence-corrected chi connectivity index (χ4v) is 1.97. The Hall–Kier alpha value is -1.55. The minimum absolute atomic E-state index is 0.0249. The second kappa shape index (κ2) is 4.53. The molecule has 0 saturated carbocycles. The molecule has 0 radical (unpaired) electrons. The molecule has 0 saturated heterocycles. The van der Waals surface area contributed by atoms with Crippen LogP contribution in [-0.2, 0) is 11.2 Å². The van der Waals surface area contributed by atoms with Crippen molar-refractivity contribution in [3.05, 3.63) is 23.8 Å². The lowest BCUT2D eigenvalue weighted by Gasteiger charge is -2.13. The van der Waals surface area contributed by atoms with Crippen LogP contribution in [0, 0.1) is 0 Å². The Morgan fingerprint density at radius 2 is 2.38 bits per heavy atom. The third-order valence-corrected chi connectivity index (χ3v) is 2.87. The zero-order valence-corrected chi connectivity index (χ0v) is 9.49. The first kappa shape index (κ1) is 11.0. The Labute approximate surface area is 95.4 Å². The molecule has 16 heavy (non-hydrogen) atoms. The van der Waals surface area contributed by atoms with Gasteiger partial charge < -0.3 is 16.0 Å². The molecule has 86 valence electrons. The van der Waals surface area contributed by atoms with Crippen LogP contribution < -0.4 is 16.0 Å². The second-order valence-corrected chi connectivity index (χ2v) is 4.10. The van der Waals surface area contributed by atoms with Gasteiger partial charge in [0.05, 0.1) is 0 Å². The first-order valence-electron chi connectivity index (χ1n) is 5.54. The fraction of sp³-hybridized carbons (Fsp3) is 0.417. The highest BCUT2D eigenvalue weighted by Gasteiger charge is 2.15. The number of nitrogens with zero attached hydrogens (tertiary/aromatic N) is 1. The zero-order valence-electron chi connectivity index (χ0n) is 9.49. The van der Waals surface area contributed by atoms with Crippen molar-refractivity contribution in [2.45, 2.75) is 12.8 Å². The minimum Gasteiger partial charge on any atom is -0.374 e. The van der Waals surface area contributed by atoms with E-state index >= 15 is 0 Å². The highest BCUT2D eigenvalue weighted by atomic mass is 16.1. The summed E-state index contributed by atoms with van der Waals surface area (Å²) >= 11 is 0. The smallest absolute Gasteiger partial charge is 0.225 e. The van der Waals surface area contributed by atoms with Gasteiger partial charge in [-0.3, -0.25) is 4.79 Å². The van der Waals surface area contributed by atoms with Crippen molar-refractivity contribution in [3.8, 4) is 0 Å². The van der Waals surface area contributed by atoms with E-state index in [1.54, 1.807) is 0 Å². The van der Waals surface area contributed by atoms with Gasteiger partial charge in [0.1, 0.15) is 0 Å². The third kappa shape index (κ3) is 2.17. The number of likely N-dealkylation sites (N-methyl/N-ethyl adjacent to an activating group) is 1. The largest absolute Gasteiger partial charge is 0.374 e. The molecule has 1 aliphatic heterocycles. The molecular weight excluding hydrogens is 202 g/mol. The number of nitrogens with one attached hydrogen (secondary N) is 1. The van der Waals surface area contributed by atoms with Crippen molar-refractivity contribution in [2.24, 2.45) is 5.73 Å². The maximum absolute atomic E-state index is 11.4. The van der Waals surface area contributed by atoms with Gasteiger partial charge in [-0.25, -0.2) is 0 Å².